The van der Waals surface area contributed by atoms with Crippen LogP contribution in [0.4, 0.5) is 4.39 Å². The van der Waals surface area contributed by atoms with Gasteiger partial charge in [-0.05, 0) is 25.0 Å². The van der Waals surface area contributed by atoms with Gasteiger partial charge >= 0.3 is 5.97 Å². The molecule has 1 aromatic rings. The maximum atomic E-state index is 14.2. The second-order valence-electron chi connectivity index (χ2n) is 5.21. The molecule has 2 fully saturated rings. The van der Waals surface area contributed by atoms with Gasteiger partial charge in [0.25, 0.3) is 0 Å². The number of rotatable bonds is 3. The molecule has 1 aromatic carbocycles. The largest absolute Gasteiger partial charge is 0.479 e. The Morgan fingerprint density at radius 2 is 2.14 bits per heavy atom. The van der Waals surface area contributed by atoms with E-state index in [1.165, 1.54) is 17.0 Å². The van der Waals surface area contributed by atoms with E-state index in [0.717, 1.165) is 18.9 Å². The topological polar surface area (TPSA) is 66.8 Å². The summed E-state index contributed by atoms with van der Waals surface area (Å²) >= 11 is 5.73. The second-order valence-corrected chi connectivity index (χ2v) is 5.65. The Morgan fingerprint density at radius 1 is 1.43 bits per heavy atom. The van der Waals surface area contributed by atoms with E-state index in [1.807, 2.05) is 0 Å². The average molecular weight is 314 g/mol. The minimum Gasteiger partial charge on any atom is -0.479 e. The van der Waals surface area contributed by atoms with Crippen LogP contribution in [0.2, 0.25) is 5.02 Å². The molecule has 2 atom stereocenters. The Labute approximate surface area is 125 Å². The van der Waals surface area contributed by atoms with Gasteiger partial charge in [0, 0.05) is 16.6 Å². The molecule has 1 saturated carbocycles. The van der Waals surface area contributed by atoms with Crippen LogP contribution in [0.1, 0.15) is 24.4 Å². The van der Waals surface area contributed by atoms with Crippen LogP contribution >= 0.6 is 11.6 Å². The molecule has 2 aliphatic rings. The number of ether oxygens (including phenoxy) is 1. The minimum absolute atomic E-state index is 0.0386. The van der Waals surface area contributed by atoms with E-state index < -0.39 is 23.9 Å². The lowest BCUT2D eigenvalue weighted by Crippen LogP contribution is -2.52. The summed E-state index contributed by atoms with van der Waals surface area (Å²) in [6.45, 7) is -0.292. The SMILES string of the molecule is O=C(O)C1OCC(=O)N(C2CC2)C1c1ccc(Cl)cc1F. The molecule has 112 valence electrons. The van der Waals surface area contributed by atoms with Crippen LogP contribution in [0.15, 0.2) is 18.2 Å². The van der Waals surface area contributed by atoms with Crippen LogP contribution in [0.5, 0.6) is 0 Å². The van der Waals surface area contributed by atoms with Gasteiger partial charge in [-0.15, -0.1) is 0 Å². The molecular weight excluding hydrogens is 301 g/mol. The van der Waals surface area contributed by atoms with Crippen molar-refractivity contribution in [2.75, 3.05) is 6.61 Å². The molecule has 2 unspecified atom stereocenters. The van der Waals surface area contributed by atoms with Gasteiger partial charge in [0.2, 0.25) is 5.91 Å². The lowest BCUT2D eigenvalue weighted by molar-refractivity contribution is -0.174. The number of amides is 1. The summed E-state index contributed by atoms with van der Waals surface area (Å²) in [5.74, 6) is -2.16. The van der Waals surface area contributed by atoms with E-state index in [1.54, 1.807) is 0 Å². The molecule has 1 saturated heterocycles. The Balaban J connectivity index is 2.06. The van der Waals surface area contributed by atoms with E-state index >= 15 is 0 Å². The molecule has 0 radical (unpaired) electrons. The lowest BCUT2D eigenvalue weighted by Gasteiger charge is -2.39. The molecular formula is C14H13ClFNO4. The van der Waals surface area contributed by atoms with Crippen molar-refractivity contribution in [2.45, 2.75) is 31.0 Å². The number of benzene rings is 1. The Kier molecular flexibility index (Phi) is 3.59. The first-order valence-electron chi connectivity index (χ1n) is 6.59. The molecule has 0 aromatic heterocycles. The van der Waals surface area contributed by atoms with Crippen LogP contribution in [0, 0.1) is 5.82 Å². The van der Waals surface area contributed by atoms with E-state index in [0.29, 0.717) is 0 Å². The highest BCUT2D eigenvalue weighted by molar-refractivity contribution is 6.30. The first-order valence-corrected chi connectivity index (χ1v) is 6.97. The van der Waals surface area contributed by atoms with Crippen LogP contribution in [0.3, 0.4) is 0 Å². The van der Waals surface area contributed by atoms with Gasteiger partial charge in [-0.2, -0.15) is 0 Å². The van der Waals surface area contributed by atoms with Gasteiger partial charge in [-0.3, -0.25) is 4.79 Å². The summed E-state index contributed by atoms with van der Waals surface area (Å²) < 4.78 is 19.3. The summed E-state index contributed by atoms with van der Waals surface area (Å²) in [6.07, 6.45) is 0.312. The third kappa shape index (κ3) is 2.61. The van der Waals surface area contributed by atoms with Crippen molar-refractivity contribution in [3.05, 3.63) is 34.6 Å². The van der Waals surface area contributed by atoms with Gasteiger partial charge in [-0.1, -0.05) is 17.7 Å². The number of halogens is 2. The molecule has 1 heterocycles. The number of carbonyl (C=O) groups is 2. The van der Waals surface area contributed by atoms with Crippen LogP contribution in [-0.2, 0) is 14.3 Å². The summed E-state index contributed by atoms with van der Waals surface area (Å²) in [4.78, 5) is 24.9. The smallest absolute Gasteiger partial charge is 0.335 e. The van der Waals surface area contributed by atoms with E-state index in [-0.39, 0.29) is 29.1 Å². The molecule has 1 N–H and O–H groups in total. The third-order valence-corrected chi connectivity index (χ3v) is 3.96. The van der Waals surface area contributed by atoms with Gasteiger partial charge in [0.1, 0.15) is 12.4 Å². The quantitative estimate of drug-likeness (QED) is 0.927. The summed E-state index contributed by atoms with van der Waals surface area (Å²) in [5, 5.41) is 9.52. The molecule has 1 amide bonds. The maximum absolute atomic E-state index is 14.2. The fraction of sp³-hybridized carbons (Fsp3) is 0.429. The summed E-state index contributed by atoms with van der Waals surface area (Å²) in [7, 11) is 0. The maximum Gasteiger partial charge on any atom is 0.335 e. The summed E-state index contributed by atoms with van der Waals surface area (Å²) in [5.41, 5.74) is 0.117. The zero-order valence-electron chi connectivity index (χ0n) is 11.0. The van der Waals surface area contributed by atoms with Crippen molar-refractivity contribution in [3.8, 4) is 0 Å². The second kappa shape index (κ2) is 5.27. The van der Waals surface area contributed by atoms with Crippen molar-refractivity contribution in [3.63, 3.8) is 0 Å². The fourth-order valence-corrected chi connectivity index (χ4v) is 2.83. The van der Waals surface area contributed by atoms with Crippen LogP contribution < -0.4 is 0 Å². The third-order valence-electron chi connectivity index (χ3n) is 3.73. The first kappa shape index (κ1) is 14.3. The van der Waals surface area contributed by atoms with Crippen molar-refractivity contribution >= 4 is 23.5 Å². The molecule has 21 heavy (non-hydrogen) atoms. The number of morpholine rings is 1. The number of hydrogen-bond acceptors (Lipinski definition) is 3. The Hall–Kier alpha value is -1.66. The van der Waals surface area contributed by atoms with Crippen molar-refractivity contribution < 1.29 is 23.8 Å². The highest BCUT2D eigenvalue weighted by Crippen LogP contribution is 2.40. The zero-order chi connectivity index (χ0) is 15.1. The number of carboxylic acids is 1. The molecule has 3 rings (SSSR count). The molecule has 0 bridgehead atoms. The predicted molar refractivity (Wildman–Crippen MR) is 71.4 cm³/mol. The summed E-state index contributed by atoms with van der Waals surface area (Å²) in [6, 6.07) is 3.00. The van der Waals surface area contributed by atoms with E-state index in [2.05, 4.69) is 0 Å². The van der Waals surface area contributed by atoms with E-state index in [4.69, 9.17) is 16.3 Å². The molecule has 0 spiro atoms. The number of carbonyl (C=O) groups excluding carboxylic acids is 1. The lowest BCUT2D eigenvalue weighted by atomic mass is 9.97. The fourth-order valence-electron chi connectivity index (χ4n) is 2.67. The normalized spacial score (nSPS) is 26.0. The molecule has 5 nitrogen and oxygen atoms in total. The Bertz CT molecular complexity index is 605. The number of hydrogen-bond donors (Lipinski definition) is 1. The van der Waals surface area contributed by atoms with Crippen molar-refractivity contribution in [1.29, 1.82) is 0 Å². The predicted octanol–water partition coefficient (Wildman–Crippen LogP) is 1.99. The minimum atomic E-state index is -1.28. The highest BCUT2D eigenvalue weighted by atomic mass is 35.5. The van der Waals surface area contributed by atoms with Crippen LogP contribution in [0.25, 0.3) is 0 Å². The van der Waals surface area contributed by atoms with E-state index in [9.17, 15) is 19.1 Å². The molecule has 1 aliphatic heterocycles. The van der Waals surface area contributed by atoms with Gasteiger partial charge in [-0.25, -0.2) is 9.18 Å². The van der Waals surface area contributed by atoms with Crippen molar-refractivity contribution in [1.82, 2.24) is 4.90 Å². The van der Waals surface area contributed by atoms with Crippen LogP contribution in [-0.4, -0.2) is 40.6 Å². The first-order chi connectivity index (χ1) is 9.99. The molecule has 1 aliphatic carbocycles. The number of aliphatic carboxylic acids is 1. The van der Waals surface area contributed by atoms with Crippen molar-refractivity contribution in [2.24, 2.45) is 0 Å². The highest BCUT2D eigenvalue weighted by Gasteiger charge is 2.48. The number of carboxylic acid groups (broad SMARTS) is 1. The molecule has 7 heteroatoms. The number of nitrogens with zero attached hydrogens (tertiary/aromatic N) is 1. The Morgan fingerprint density at radius 3 is 2.71 bits per heavy atom. The monoisotopic (exact) mass is 313 g/mol. The van der Waals surface area contributed by atoms with Gasteiger partial charge in [0.15, 0.2) is 6.10 Å². The van der Waals surface area contributed by atoms with Gasteiger partial charge in [0.05, 0.1) is 6.04 Å². The van der Waals surface area contributed by atoms with Gasteiger partial charge < -0.3 is 14.7 Å². The zero-order valence-corrected chi connectivity index (χ0v) is 11.7. The standard InChI is InChI=1S/C14H13ClFNO4/c15-7-1-4-9(10(16)5-7)12-13(14(19)20)21-6-11(18)17(12)8-2-3-8/h1,4-5,8,12-13H,2-3,6H2,(H,19,20). The average Bonchev–Trinajstić information content (AvgIpc) is 3.22.